The van der Waals surface area contributed by atoms with Crippen molar-refractivity contribution in [2.75, 3.05) is 6.54 Å². The van der Waals surface area contributed by atoms with Crippen LogP contribution >= 0.6 is 11.3 Å². The Balaban J connectivity index is 1.77. The van der Waals surface area contributed by atoms with E-state index < -0.39 is 28.5 Å². The van der Waals surface area contributed by atoms with Crippen molar-refractivity contribution < 1.29 is 18.0 Å². The summed E-state index contributed by atoms with van der Waals surface area (Å²) in [6.07, 6.45) is 5.27. The molecule has 1 heterocycles. The topological polar surface area (TPSA) is 95.6 Å². The molecule has 2 N–H and O–H groups in total. The van der Waals surface area contributed by atoms with E-state index in [1.54, 1.807) is 18.2 Å². The summed E-state index contributed by atoms with van der Waals surface area (Å²) in [6, 6.07) is 11.2. The quantitative estimate of drug-likeness (QED) is 0.532. The molecule has 1 aromatic carbocycles. The molecule has 7 nitrogen and oxygen atoms in total. The lowest BCUT2D eigenvalue weighted by molar-refractivity contribution is -0.142. The van der Waals surface area contributed by atoms with Gasteiger partial charge in [0.15, 0.2) is 0 Å². The number of nitrogens with zero attached hydrogens (tertiary/aromatic N) is 1. The highest BCUT2D eigenvalue weighted by molar-refractivity contribution is 7.89. The summed E-state index contributed by atoms with van der Waals surface area (Å²) in [6.45, 7) is 3.66. The predicted octanol–water partition coefficient (Wildman–Crippen LogP) is 3.53. The van der Waals surface area contributed by atoms with Gasteiger partial charge in [-0.2, -0.15) is 0 Å². The van der Waals surface area contributed by atoms with Crippen LogP contribution in [0.2, 0.25) is 0 Å². The maximum absolute atomic E-state index is 13.3. The third-order valence-corrected chi connectivity index (χ3v) is 8.16. The molecule has 0 bridgehead atoms. The second-order valence-corrected chi connectivity index (χ2v) is 11.6. The first-order chi connectivity index (χ1) is 15.8. The van der Waals surface area contributed by atoms with E-state index in [2.05, 4.69) is 10.0 Å². The smallest absolute Gasteiger partial charge is 0.243 e. The van der Waals surface area contributed by atoms with E-state index >= 15 is 0 Å². The number of nitrogens with one attached hydrogen (secondary N) is 2. The molecule has 1 atom stereocenters. The Morgan fingerprint density at radius 2 is 1.76 bits per heavy atom. The van der Waals surface area contributed by atoms with Crippen LogP contribution in [0.5, 0.6) is 0 Å². The number of sulfonamides is 1. The first kappa shape index (κ1) is 25.4. The molecule has 1 aromatic heterocycles. The van der Waals surface area contributed by atoms with Crippen molar-refractivity contribution in [3.8, 4) is 0 Å². The van der Waals surface area contributed by atoms with Gasteiger partial charge in [0, 0.05) is 10.9 Å². The molecule has 2 amide bonds. The van der Waals surface area contributed by atoms with Crippen molar-refractivity contribution in [1.82, 2.24) is 14.9 Å². The third-order valence-electron chi connectivity index (χ3n) is 5.88. The second kappa shape index (κ2) is 11.8. The molecule has 2 aromatic rings. The third kappa shape index (κ3) is 7.12. The van der Waals surface area contributed by atoms with Crippen LogP contribution in [0.3, 0.4) is 0 Å². The zero-order chi connectivity index (χ0) is 23.8. The number of rotatable bonds is 10. The Morgan fingerprint density at radius 1 is 1.06 bits per heavy atom. The van der Waals surface area contributed by atoms with Crippen LogP contribution in [0.15, 0.2) is 52.7 Å². The van der Waals surface area contributed by atoms with Gasteiger partial charge in [-0.1, -0.05) is 57.4 Å². The van der Waals surface area contributed by atoms with Gasteiger partial charge in [-0.25, -0.2) is 13.1 Å². The molecule has 0 unspecified atom stereocenters. The Bertz CT molecular complexity index is 1000. The van der Waals surface area contributed by atoms with E-state index in [1.807, 2.05) is 31.4 Å². The van der Waals surface area contributed by atoms with Crippen LogP contribution in [0.25, 0.3) is 0 Å². The van der Waals surface area contributed by atoms with Gasteiger partial charge in [0.1, 0.15) is 6.04 Å². The van der Waals surface area contributed by atoms with E-state index in [0.717, 1.165) is 30.6 Å². The van der Waals surface area contributed by atoms with Crippen molar-refractivity contribution in [3.05, 3.63) is 52.7 Å². The van der Waals surface area contributed by atoms with Crippen LogP contribution in [0.1, 0.15) is 50.8 Å². The largest absolute Gasteiger partial charge is 0.352 e. The monoisotopic (exact) mass is 491 g/mol. The van der Waals surface area contributed by atoms with Gasteiger partial charge in [0.25, 0.3) is 0 Å². The average Bonchev–Trinajstić information content (AvgIpc) is 3.31. The van der Waals surface area contributed by atoms with Gasteiger partial charge in [-0.3, -0.25) is 9.59 Å². The van der Waals surface area contributed by atoms with E-state index in [0.29, 0.717) is 0 Å². The molecule has 180 valence electrons. The number of hydrogen-bond donors (Lipinski definition) is 2. The molecule has 9 heteroatoms. The fraction of sp³-hybridized carbons (Fsp3) is 0.500. The molecule has 0 saturated heterocycles. The van der Waals surface area contributed by atoms with Crippen molar-refractivity contribution in [2.45, 2.75) is 69.5 Å². The minimum absolute atomic E-state index is 0.0954. The van der Waals surface area contributed by atoms with Gasteiger partial charge in [0.05, 0.1) is 18.0 Å². The Morgan fingerprint density at radius 3 is 2.36 bits per heavy atom. The highest BCUT2D eigenvalue weighted by Crippen LogP contribution is 2.21. The van der Waals surface area contributed by atoms with Crippen molar-refractivity contribution in [2.24, 2.45) is 5.92 Å². The highest BCUT2D eigenvalue weighted by Gasteiger charge is 2.34. The summed E-state index contributed by atoms with van der Waals surface area (Å²) in [5.41, 5.74) is 0. The fourth-order valence-corrected chi connectivity index (χ4v) is 5.89. The number of carbonyl (C=O) groups excluding carboxylic acids is 2. The van der Waals surface area contributed by atoms with Crippen molar-refractivity contribution in [1.29, 1.82) is 0 Å². The second-order valence-electron chi connectivity index (χ2n) is 8.77. The molecule has 1 aliphatic rings. The SMILES string of the molecule is CC(C)[C@H](C(=O)NC1CCCCC1)N(Cc1cccs1)C(=O)CNS(=O)(=O)c1ccccc1. The number of benzene rings is 1. The van der Waals surface area contributed by atoms with Gasteiger partial charge < -0.3 is 10.2 Å². The lowest BCUT2D eigenvalue weighted by Gasteiger charge is -2.35. The molecule has 1 aliphatic carbocycles. The van der Waals surface area contributed by atoms with Crippen LogP contribution in [0.4, 0.5) is 0 Å². The van der Waals surface area contributed by atoms with Gasteiger partial charge in [0.2, 0.25) is 21.8 Å². The lowest BCUT2D eigenvalue weighted by atomic mass is 9.94. The zero-order valence-corrected chi connectivity index (χ0v) is 20.8. The first-order valence-corrected chi connectivity index (χ1v) is 13.8. The Hall–Kier alpha value is -2.23. The molecular formula is C24H33N3O4S2. The van der Waals surface area contributed by atoms with Gasteiger partial charge in [-0.15, -0.1) is 11.3 Å². The number of amides is 2. The molecule has 1 fully saturated rings. The molecule has 0 spiro atoms. The summed E-state index contributed by atoms with van der Waals surface area (Å²) < 4.78 is 27.6. The lowest BCUT2D eigenvalue weighted by Crippen LogP contribution is -2.55. The Kier molecular flexibility index (Phi) is 9.05. The molecule has 3 rings (SSSR count). The minimum atomic E-state index is -3.84. The predicted molar refractivity (Wildman–Crippen MR) is 130 cm³/mol. The van der Waals surface area contributed by atoms with Crippen LogP contribution in [-0.2, 0) is 26.2 Å². The van der Waals surface area contributed by atoms with Crippen LogP contribution in [-0.4, -0.2) is 43.8 Å². The van der Waals surface area contributed by atoms with Crippen LogP contribution < -0.4 is 10.0 Å². The summed E-state index contributed by atoms with van der Waals surface area (Å²) in [7, 11) is -3.84. The van der Waals surface area contributed by atoms with E-state index in [4.69, 9.17) is 0 Å². The Labute approximate surface area is 200 Å². The summed E-state index contributed by atoms with van der Waals surface area (Å²) in [5, 5.41) is 5.06. The van der Waals surface area contributed by atoms with E-state index in [-0.39, 0.29) is 29.3 Å². The zero-order valence-electron chi connectivity index (χ0n) is 19.2. The molecule has 1 saturated carbocycles. The van der Waals surface area contributed by atoms with E-state index in [9.17, 15) is 18.0 Å². The maximum Gasteiger partial charge on any atom is 0.243 e. The molecule has 33 heavy (non-hydrogen) atoms. The van der Waals surface area contributed by atoms with Crippen LogP contribution in [0, 0.1) is 5.92 Å². The molecular weight excluding hydrogens is 458 g/mol. The van der Waals surface area contributed by atoms with Gasteiger partial charge >= 0.3 is 0 Å². The number of hydrogen-bond acceptors (Lipinski definition) is 5. The standard InChI is InChI=1S/C24H33N3O4S2/c1-18(2)23(24(29)26-19-10-5-3-6-11-19)27(17-20-12-9-15-32-20)22(28)16-25-33(30,31)21-13-7-4-8-14-21/h4,7-9,12-15,18-19,23,25H,3,5-6,10-11,16-17H2,1-2H3,(H,26,29)/t23-/m1/s1. The van der Waals surface area contributed by atoms with Crippen molar-refractivity contribution in [3.63, 3.8) is 0 Å². The van der Waals surface area contributed by atoms with Gasteiger partial charge in [-0.05, 0) is 42.3 Å². The van der Waals surface area contributed by atoms with Crippen molar-refractivity contribution >= 4 is 33.2 Å². The highest BCUT2D eigenvalue weighted by atomic mass is 32.2. The molecule has 0 radical (unpaired) electrons. The first-order valence-electron chi connectivity index (χ1n) is 11.4. The van der Waals surface area contributed by atoms with E-state index in [1.165, 1.54) is 34.8 Å². The fourth-order valence-electron chi connectivity index (χ4n) is 4.19. The number of carbonyl (C=O) groups is 2. The normalized spacial score (nSPS) is 15.8. The average molecular weight is 492 g/mol. The minimum Gasteiger partial charge on any atom is -0.352 e. The maximum atomic E-state index is 13.3. The summed E-state index contributed by atoms with van der Waals surface area (Å²) in [5.74, 6) is -0.739. The summed E-state index contributed by atoms with van der Waals surface area (Å²) in [4.78, 5) is 29.2. The molecule has 0 aliphatic heterocycles. The number of thiophene rings is 1. The summed E-state index contributed by atoms with van der Waals surface area (Å²) >= 11 is 1.50.